The van der Waals surface area contributed by atoms with Crippen molar-refractivity contribution in [2.24, 2.45) is 11.8 Å². The molecule has 2 heterocycles. The molecular formula is C11H15NO4. The minimum atomic E-state index is -0.946. The van der Waals surface area contributed by atoms with Crippen LogP contribution in [0.1, 0.15) is 26.2 Å². The average Bonchev–Trinajstić information content (AvgIpc) is 2.82. The predicted octanol–water partition coefficient (Wildman–Crippen LogP) is 0.467. The van der Waals surface area contributed by atoms with E-state index in [4.69, 9.17) is 0 Å². The Morgan fingerprint density at radius 2 is 2.31 bits per heavy atom. The summed E-state index contributed by atoms with van der Waals surface area (Å²) < 4.78 is 0. The van der Waals surface area contributed by atoms with Gasteiger partial charge in [0.2, 0.25) is 0 Å². The van der Waals surface area contributed by atoms with Crippen LogP contribution in [0, 0.1) is 11.8 Å². The number of carbonyl (C=O) groups is 2. The average molecular weight is 225 g/mol. The third-order valence-corrected chi connectivity index (χ3v) is 4.61. The van der Waals surface area contributed by atoms with E-state index in [0.29, 0.717) is 19.3 Å². The number of aliphatic hydroxyl groups is 1. The van der Waals surface area contributed by atoms with Crippen LogP contribution < -0.4 is 0 Å². The smallest absolute Gasteiger partial charge is 0.408 e. The maximum atomic E-state index is 11.7. The number of amides is 1. The number of ketones is 1. The lowest BCUT2D eigenvalue weighted by Gasteiger charge is -2.46. The Morgan fingerprint density at radius 3 is 2.88 bits per heavy atom. The summed E-state index contributed by atoms with van der Waals surface area (Å²) in [6.07, 6.45) is 0.0415. The highest BCUT2D eigenvalue weighted by Crippen LogP contribution is 2.62. The van der Waals surface area contributed by atoms with Gasteiger partial charge in [-0.2, -0.15) is 0 Å². The number of nitrogens with zero attached hydrogens (tertiary/aromatic N) is 1. The van der Waals surface area contributed by atoms with Crippen molar-refractivity contribution in [3.8, 4) is 0 Å². The lowest BCUT2D eigenvalue weighted by atomic mass is 9.80. The molecule has 3 fully saturated rings. The summed E-state index contributed by atoms with van der Waals surface area (Å²) in [6.45, 7) is 1.90. The zero-order valence-electron chi connectivity index (χ0n) is 9.09. The van der Waals surface area contributed by atoms with Crippen molar-refractivity contribution in [3.63, 3.8) is 0 Å². The molecule has 16 heavy (non-hydrogen) atoms. The van der Waals surface area contributed by atoms with Gasteiger partial charge in [0.15, 0.2) is 0 Å². The van der Waals surface area contributed by atoms with Crippen molar-refractivity contribution in [1.29, 1.82) is 0 Å². The van der Waals surface area contributed by atoms with Gasteiger partial charge < -0.3 is 10.2 Å². The van der Waals surface area contributed by atoms with Crippen molar-refractivity contribution >= 4 is 11.9 Å². The predicted molar refractivity (Wildman–Crippen MR) is 53.9 cm³/mol. The number of carboxylic acid groups (broad SMARTS) is 1. The van der Waals surface area contributed by atoms with Crippen LogP contribution in [0.4, 0.5) is 4.79 Å². The fourth-order valence-corrected chi connectivity index (χ4v) is 4.02. The maximum Gasteiger partial charge on any atom is 0.408 e. The highest BCUT2D eigenvalue weighted by Gasteiger charge is 2.76. The third-order valence-electron chi connectivity index (χ3n) is 4.61. The molecule has 1 amide bonds. The van der Waals surface area contributed by atoms with Gasteiger partial charge in [-0.05, 0) is 19.3 Å². The molecule has 0 spiro atoms. The Bertz CT molecular complexity index is 382. The number of carbonyl (C=O) groups excluding carboxylic acids is 1. The Kier molecular flexibility index (Phi) is 1.74. The number of hydrogen-bond acceptors (Lipinski definition) is 3. The normalized spacial score (nSPS) is 49.1. The fourth-order valence-electron chi connectivity index (χ4n) is 4.02. The van der Waals surface area contributed by atoms with Crippen LogP contribution in [0.15, 0.2) is 0 Å². The highest BCUT2D eigenvalue weighted by atomic mass is 16.4. The number of hydrogen-bond donors (Lipinski definition) is 2. The number of Topliss-reactive ketones (excluding diaryl/α,β-unsaturated/α-hetero) is 1. The van der Waals surface area contributed by atoms with Gasteiger partial charge in [-0.15, -0.1) is 0 Å². The van der Waals surface area contributed by atoms with Gasteiger partial charge in [0.05, 0.1) is 23.5 Å². The van der Waals surface area contributed by atoms with Gasteiger partial charge in [0.1, 0.15) is 5.78 Å². The van der Waals surface area contributed by atoms with Crippen molar-refractivity contribution in [2.75, 3.05) is 0 Å². The van der Waals surface area contributed by atoms with Crippen LogP contribution in [-0.2, 0) is 4.79 Å². The van der Waals surface area contributed by atoms with Gasteiger partial charge >= 0.3 is 6.09 Å². The first-order chi connectivity index (χ1) is 7.53. The molecular weight excluding hydrogens is 210 g/mol. The minimum Gasteiger partial charge on any atom is -0.465 e. The summed E-state index contributed by atoms with van der Waals surface area (Å²) in [5.74, 6) is -0.0693. The second-order valence-corrected chi connectivity index (χ2v) is 5.18. The molecule has 2 aliphatic heterocycles. The zero-order valence-corrected chi connectivity index (χ0v) is 9.09. The summed E-state index contributed by atoms with van der Waals surface area (Å²) in [6, 6.07) is -0.279. The summed E-state index contributed by atoms with van der Waals surface area (Å²) >= 11 is 0. The van der Waals surface area contributed by atoms with Crippen LogP contribution >= 0.6 is 0 Å². The summed E-state index contributed by atoms with van der Waals surface area (Å²) in [5.41, 5.74) is -0.615. The van der Waals surface area contributed by atoms with Gasteiger partial charge in [0, 0.05) is 6.04 Å². The third kappa shape index (κ3) is 0.906. The van der Waals surface area contributed by atoms with E-state index >= 15 is 0 Å². The van der Waals surface area contributed by atoms with E-state index in [1.54, 1.807) is 0 Å². The van der Waals surface area contributed by atoms with Gasteiger partial charge in [-0.1, -0.05) is 6.92 Å². The zero-order chi connectivity index (χ0) is 11.7. The second kappa shape index (κ2) is 2.77. The number of rotatable bonds is 1. The van der Waals surface area contributed by atoms with Gasteiger partial charge in [0.25, 0.3) is 0 Å². The molecule has 0 aromatic heterocycles. The van der Waals surface area contributed by atoms with Crippen LogP contribution in [0.25, 0.3) is 0 Å². The molecule has 5 nitrogen and oxygen atoms in total. The van der Waals surface area contributed by atoms with Crippen LogP contribution in [0.2, 0.25) is 0 Å². The van der Waals surface area contributed by atoms with E-state index in [1.165, 1.54) is 4.90 Å². The van der Waals surface area contributed by atoms with Gasteiger partial charge in [-0.25, -0.2) is 4.79 Å². The Balaban J connectivity index is 2.05. The fraction of sp³-hybridized carbons (Fsp3) is 0.818. The monoisotopic (exact) mass is 225 g/mol. The number of piperidine rings is 2. The molecule has 2 bridgehead atoms. The van der Waals surface area contributed by atoms with E-state index in [1.807, 2.05) is 6.92 Å². The molecule has 2 saturated heterocycles. The number of fused-ring (bicyclic) bond motifs is 5. The molecule has 0 radical (unpaired) electrons. The number of aliphatic hydroxyl groups excluding tert-OH is 1. The van der Waals surface area contributed by atoms with E-state index in [0.717, 1.165) is 0 Å². The van der Waals surface area contributed by atoms with E-state index in [-0.39, 0.29) is 23.7 Å². The molecule has 3 aliphatic rings. The molecule has 5 atom stereocenters. The van der Waals surface area contributed by atoms with Crippen molar-refractivity contribution < 1.29 is 19.8 Å². The largest absolute Gasteiger partial charge is 0.465 e. The molecule has 0 aromatic rings. The first kappa shape index (κ1) is 10.1. The van der Waals surface area contributed by atoms with Crippen molar-refractivity contribution in [1.82, 2.24) is 4.90 Å². The highest BCUT2D eigenvalue weighted by molar-refractivity contribution is 6.04. The summed E-state index contributed by atoms with van der Waals surface area (Å²) in [7, 11) is 0. The van der Waals surface area contributed by atoms with E-state index in [2.05, 4.69) is 0 Å². The Labute approximate surface area is 93.0 Å². The molecule has 5 heteroatoms. The van der Waals surface area contributed by atoms with Crippen LogP contribution in [0.5, 0.6) is 0 Å². The van der Waals surface area contributed by atoms with E-state index < -0.39 is 17.7 Å². The Morgan fingerprint density at radius 1 is 1.62 bits per heavy atom. The standard InChI is InChI=1S/C11H15NO4/c1-2-11-4-5(13)3-6(12(11)10(15)16)7-8(11)9(7)14/h5-8,13H,2-4H2,1H3,(H,15,16)/t5-,6+,7-,8+,11-/m1/s1. The molecule has 0 unspecified atom stereocenters. The SMILES string of the molecule is CC[C@@]12C[C@H](O)C[C@@H]([C@H]3C(=O)[C@H]31)N2C(=O)O. The summed E-state index contributed by atoms with van der Waals surface area (Å²) in [5, 5.41) is 19.0. The first-order valence-electron chi connectivity index (χ1n) is 5.77. The maximum absolute atomic E-state index is 11.7. The molecule has 3 rings (SSSR count). The van der Waals surface area contributed by atoms with Crippen LogP contribution in [-0.4, -0.2) is 44.7 Å². The van der Waals surface area contributed by atoms with Crippen LogP contribution in [0.3, 0.4) is 0 Å². The lowest BCUT2D eigenvalue weighted by molar-refractivity contribution is -0.119. The minimum absolute atomic E-state index is 0.131. The summed E-state index contributed by atoms with van der Waals surface area (Å²) in [4.78, 5) is 24.4. The Hall–Kier alpha value is -1.10. The van der Waals surface area contributed by atoms with E-state index in [9.17, 15) is 19.8 Å². The van der Waals surface area contributed by atoms with Crippen molar-refractivity contribution in [3.05, 3.63) is 0 Å². The molecule has 1 saturated carbocycles. The topological polar surface area (TPSA) is 77.8 Å². The molecule has 1 aliphatic carbocycles. The van der Waals surface area contributed by atoms with Crippen molar-refractivity contribution in [2.45, 2.75) is 43.9 Å². The first-order valence-corrected chi connectivity index (χ1v) is 5.77. The molecule has 0 aromatic carbocycles. The van der Waals surface area contributed by atoms with Gasteiger partial charge in [-0.3, -0.25) is 9.69 Å². The molecule has 2 N–H and O–H groups in total. The second-order valence-electron chi connectivity index (χ2n) is 5.18. The quantitative estimate of drug-likeness (QED) is 0.680. The molecule has 88 valence electrons. The lowest BCUT2D eigenvalue weighted by Crippen LogP contribution is -2.59.